The molecule has 2 amide bonds. The number of carbonyl (C=O) groups is 3. The van der Waals surface area contributed by atoms with Crippen LogP contribution in [0.5, 0.6) is 5.75 Å². The summed E-state index contributed by atoms with van der Waals surface area (Å²) in [7, 11) is 1.62. The number of aliphatic carboxylic acids is 1. The van der Waals surface area contributed by atoms with Crippen LogP contribution in [0.2, 0.25) is 0 Å². The Labute approximate surface area is 197 Å². The van der Waals surface area contributed by atoms with E-state index >= 15 is 0 Å². The number of methoxy groups -OCH3 is 1. The topological polar surface area (TPSA) is 117 Å². The molecule has 0 radical (unpaired) electrons. The Kier molecular flexibility index (Phi) is 4.58. The van der Waals surface area contributed by atoms with E-state index in [1.807, 2.05) is 24.3 Å². The number of amides is 2. The zero-order valence-electron chi connectivity index (χ0n) is 17.9. The van der Waals surface area contributed by atoms with Crippen molar-refractivity contribution in [2.24, 2.45) is 29.6 Å². The minimum absolute atomic E-state index is 0.0359. The molecule has 3 heterocycles. The highest BCUT2D eigenvalue weighted by Gasteiger charge is 2.70. The number of benzene rings is 1. The predicted molar refractivity (Wildman–Crippen MR) is 120 cm³/mol. The maximum Gasteiger partial charge on any atom is 0.326 e. The van der Waals surface area contributed by atoms with Gasteiger partial charge in [-0.1, -0.05) is 29.5 Å². The van der Waals surface area contributed by atoms with Gasteiger partial charge in [-0.25, -0.2) is 4.79 Å². The van der Waals surface area contributed by atoms with Gasteiger partial charge in [-0.2, -0.15) is 0 Å². The minimum Gasteiger partial charge on any atom is -0.496 e. The number of thioether (sulfide) groups is 1. The number of hydrogen-bond acceptors (Lipinski definition) is 7. The zero-order valence-corrected chi connectivity index (χ0v) is 19.5. The van der Waals surface area contributed by atoms with Crippen molar-refractivity contribution >= 4 is 40.9 Å². The first-order valence-electron chi connectivity index (χ1n) is 11.0. The van der Waals surface area contributed by atoms with E-state index in [1.54, 1.807) is 18.9 Å². The number of carboxylic acid groups (broad SMARTS) is 1. The van der Waals surface area contributed by atoms with Crippen LogP contribution in [0.25, 0.3) is 0 Å². The number of aromatic nitrogens is 1. The smallest absolute Gasteiger partial charge is 0.326 e. The highest BCUT2D eigenvalue weighted by atomic mass is 32.2. The van der Waals surface area contributed by atoms with Crippen molar-refractivity contribution in [1.29, 1.82) is 0 Å². The lowest BCUT2D eigenvalue weighted by atomic mass is 9.68. The molecular formula is C23H22N2O6S2. The van der Waals surface area contributed by atoms with E-state index in [9.17, 15) is 24.3 Å². The molecule has 2 bridgehead atoms. The van der Waals surface area contributed by atoms with Gasteiger partial charge < -0.3 is 14.8 Å². The standard InChI is InChI=1S/C23H22N2O6S2/c1-8(22(28)29)25-20(26)15-10-7-11(16(15)21(25)27)17-14(10)13(9-5-3-4-6-12(9)31-2)18-19(32-17)24-23(30)33-18/h3-6,8,10-11,13-17H,7H2,1-2H3,(H,24,30)(H,28,29). The molecule has 2 aliphatic carbocycles. The third-order valence-electron chi connectivity index (χ3n) is 7.98. The van der Waals surface area contributed by atoms with Gasteiger partial charge in [0, 0.05) is 21.6 Å². The molecule has 2 saturated carbocycles. The number of fused-ring (bicyclic) bond motifs is 9. The number of hydrogen-bond donors (Lipinski definition) is 2. The molecule has 10 heteroatoms. The zero-order chi connectivity index (χ0) is 23.2. The minimum atomic E-state index is -1.18. The van der Waals surface area contributed by atoms with Crippen LogP contribution < -0.4 is 9.61 Å². The summed E-state index contributed by atoms with van der Waals surface area (Å²) in [5, 5.41) is 10.4. The number of imide groups is 1. The first kappa shape index (κ1) is 21.0. The second-order valence-electron chi connectivity index (χ2n) is 9.26. The number of nitrogens with zero attached hydrogens (tertiary/aromatic N) is 1. The van der Waals surface area contributed by atoms with Crippen LogP contribution in [0.15, 0.2) is 34.1 Å². The van der Waals surface area contributed by atoms with Crippen molar-refractivity contribution in [2.45, 2.75) is 35.6 Å². The van der Waals surface area contributed by atoms with Crippen molar-refractivity contribution < 1.29 is 24.2 Å². The van der Waals surface area contributed by atoms with Gasteiger partial charge in [-0.05, 0) is 37.2 Å². The fourth-order valence-corrected chi connectivity index (χ4v) is 9.68. The van der Waals surface area contributed by atoms with Gasteiger partial charge in [-0.15, -0.1) is 11.8 Å². The molecule has 8 atom stereocenters. The van der Waals surface area contributed by atoms with E-state index in [-0.39, 0.29) is 45.6 Å². The highest BCUT2D eigenvalue weighted by molar-refractivity contribution is 8.00. The van der Waals surface area contributed by atoms with Crippen LogP contribution in [-0.2, 0) is 14.4 Å². The molecule has 1 aromatic heterocycles. The molecule has 2 aromatic rings. The summed E-state index contributed by atoms with van der Waals surface area (Å²) >= 11 is 2.80. The summed E-state index contributed by atoms with van der Waals surface area (Å²) in [4.78, 5) is 55.3. The Hall–Kier alpha value is -2.59. The van der Waals surface area contributed by atoms with Crippen molar-refractivity contribution in [3.8, 4) is 5.75 Å². The lowest BCUT2D eigenvalue weighted by molar-refractivity contribution is -0.154. The number of rotatable bonds is 4. The predicted octanol–water partition coefficient (Wildman–Crippen LogP) is 2.39. The highest BCUT2D eigenvalue weighted by Crippen LogP contribution is 2.69. The third-order valence-corrected chi connectivity index (χ3v) is 10.6. The Morgan fingerprint density at radius 1 is 1.18 bits per heavy atom. The molecule has 1 saturated heterocycles. The molecule has 6 rings (SSSR count). The van der Waals surface area contributed by atoms with Gasteiger partial charge in [0.05, 0.1) is 24.0 Å². The number of H-pyrrole nitrogens is 1. The average Bonchev–Trinajstić information content (AvgIpc) is 3.52. The van der Waals surface area contributed by atoms with Gasteiger partial charge in [-0.3, -0.25) is 19.3 Å². The number of carboxylic acids is 1. The van der Waals surface area contributed by atoms with Crippen molar-refractivity contribution in [3.63, 3.8) is 0 Å². The molecule has 0 spiro atoms. The Bertz CT molecular complexity index is 1250. The van der Waals surface area contributed by atoms with E-state index in [2.05, 4.69) is 4.98 Å². The van der Waals surface area contributed by atoms with Gasteiger partial charge in [0.1, 0.15) is 11.8 Å². The van der Waals surface area contributed by atoms with Crippen molar-refractivity contribution in [2.75, 3.05) is 7.11 Å². The Morgan fingerprint density at radius 2 is 1.88 bits per heavy atom. The molecule has 8 nitrogen and oxygen atoms in total. The van der Waals surface area contributed by atoms with E-state index in [0.29, 0.717) is 0 Å². The number of likely N-dealkylation sites (tertiary alicyclic amines) is 1. The summed E-state index contributed by atoms with van der Waals surface area (Å²) in [6.07, 6.45) is 0.759. The maximum atomic E-state index is 13.4. The largest absolute Gasteiger partial charge is 0.496 e. The second kappa shape index (κ2) is 7.20. The van der Waals surface area contributed by atoms with Crippen molar-refractivity contribution in [1.82, 2.24) is 9.88 Å². The van der Waals surface area contributed by atoms with Gasteiger partial charge in [0.15, 0.2) is 0 Å². The van der Waals surface area contributed by atoms with E-state index < -0.39 is 23.8 Å². The summed E-state index contributed by atoms with van der Waals surface area (Å²) in [5.41, 5.74) is 0.975. The molecule has 1 aromatic carbocycles. The summed E-state index contributed by atoms with van der Waals surface area (Å²) < 4.78 is 5.66. The Morgan fingerprint density at radius 3 is 2.58 bits per heavy atom. The molecule has 172 valence electrons. The molecule has 33 heavy (non-hydrogen) atoms. The van der Waals surface area contributed by atoms with Gasteiger partial charge in [0.25, 0.3) is 0 Å². The Balaban J connectivity index is 1.47. The number of nitrogens with one attached hydrogen (secondary N) is 1. The summed E-state index contributed by atoms with van der Waals surface area (Å²) in [6, 6.07) is 6.58. The number of para-hydroxylation sites is 1. The molecule has 4 aliphatic rings. The van der Waals surface area contributed by atoms with Crippen LogP contribution in [0.3, 0.4) is 0 Å². The molecule has 2 aliphatic heterocycles. The lowest BCUT2D eigenvalue weighted by Gasteiger charge is -2.43. The van der Waals surface area contributed by atoms with Crippen LogP contribution in [0.4, 0.5) is 0 Å². The van der Waals surface area contributed by atoms with Crippen LogP contribution in [-0.4, -0.2) is 51.2 Å². The maximum absolute atomic E-state index is 13.4. The van der Waals surface area contributed by atoms with Gasteiger partial charge >= 0.3 is 10.8 Å². The first-order chi connectivity index (χ1) is 15.8. The monoisotopic (exact) mass is 486 g/mol. The number of ether oxygens (including phenoxy) is 1. The summed E-state index contributed by atoms with van der Waals surface area (Å²) in [6.45, 7) is 1.39. The SMILES string of the molecule is COc1ccccc1C1c2sc(=O)[nH]c2SC2C3CC(C4C(=O)N(C(C)C(=O)O)C(=O)C34)C12. The molecular weight excluding hydrogens is 464 g/mol. The third kappa shape index (κ3) is 2.70. The van der Waals surface area contributed by atoms with E-state index in [1.165, 1.54) is 18.3 Å². The molecule has 8 unspecified atom stereocenters. The second-order valence-corrected chi connectivity index (χ2v) is 11.5. The first-order valence-corrected chi connectivity index (χ1v) is 12.7. The van der Waals surface area contributed by atoms with Crippen LogP contribution >= 0.6 is 23.1 Å². The van der Waals surface area contributed by atoms with E-state index in [0.717, 1.165) is 32.5 Å². The lowest BCUT2D eigenvalue weighted by Crippen LogP contribution is -2.44. The van der Waals surface area contributed by atoms with Crippen molar-refractivity contribution in [3.05, 3.63) is 44.4 Å². The number of carbonyl (C=O) groups excluding carboxylic acids is 2. The number of thiazole rings is 1. The van der Waals surface area contributed by atoms with E-state index in [4.69, 9.17) is 4.74 Å². The quantitative estimate of drug-likeness (QED) is 0.638. The van der Waals surface area contributed by atoms with Crippen LogP contribution in [0, 0.1) is 29.6 Å². The number of aromatic amines is 1. The van der Waals surface area contributed by atoms with Gasteiger partial charge in [0.2, 0.25) is 11.8 Å². The fraction of sp³-hybridized carbons (Fsp3) is 0.478. The normalized spacial score (nSPS) is 34.7. The van der Waals surface area contributed by atoms with Crippen LogP contribution in [0.1, 0.15) is 29.7 Å². The summed E-state index contributed by atoms with van der Waals surface area (Å²) in [5.74, 6) is -2.32. The fourth-order valence-electron chi connectivity index (χ4n) is 6.80. The average molecular weight is 487 g/mol. The molecule has 2 N–H and O–H groups in total. The molecule has 3 fully saturated rings.